The molecule has 0 spiro atoms. The van der Waals surface area contributed by atoms with Gasteiger partial charge in [0.2, 0.25) is 0 Å². The lowest BCUT2D eigenvalue weighted by atomic mass is 9.94. The van der Waals surface area contributed by atoms with Crippen LogP contribution in [0.4, 0.5) is 5.69 Å². The Balaban J connectivity index is 1.57. The first-order chi connectivity index (χ1) is 13.7. The van der Waals surface area contributed by atoms with Gasteiger partial charge in [-0.15, -0.1) is 0 Å². The van der Waals surface area contributed by atoms with Crippen molar-refractivity contribution in [2.75, 3.05) is 5.32 Å². The number of hydrogen-bond donors (Lipinski definition) is 2. The zero-order valence-corrected chi connectivity index (χ0v) is 17.1. The lowest BCUT2D eigenvalue weighted by Gasteiger charge is -2.32. The van der Waals surface area contributed by atoms with E-state index in [9.17, 15) is 9.90 Å². The van der Waals surface area contributed by atoms with Crippen molar-refractivity contribution in [3.05, 3.63) is 65.0 Å². The van der Waals surface area contributed by atoms with Crippen LogP contribution in [0.3, 0.4) is 0 Å². The number of nitrogens with one attached hydrogen (secondary N) is 1. The van der Waals surface area contributed by atoms with Gasteiger partial charge in [-0.25, -0.2) is 4.68 Å². The zero-order valence-electron chi connectivity index (χ0n) is 17.1. The van der Waals surface area contributed by atoms with E-state index in [0.29, 0.717) is 5.69 Å². The highest BCUT2D eigenvalue weighted by Crippen LogP contribution is 2.34. The Morgan fingerprint density at radius 3 is 2.83 bits per heavy atom. The standard InChI is InChI=1S/C23H25N3O3/c1-14-6-5-7-18(15(14)2)26-13-19(27)21(25-26)22(28)24-17-8-9-20-16(12-17)10-11-23(3,4)29-20/h5-9,12-13,27H,10-11H2,1-4H3,(H,24,28). The quantitative estimate of drug-likeness (QED) is 0.687. The summed E-state index contributed by atoms with van der Waals surface area (Å²) in [4.78, 5) is 12.7. The molecule has 1 aliphatic rings. The van der Waals surface area contributed by atoms with E-state index in [1.807, 2.05) is 44.2 Å². The molecule has 6 heteroatoms. The smallest absolute Gasteiger partial charge is 0.280 e. The lowest BCUT2D eigenvalue weighted by Crippen LogP contribution is -2.32. The van der Waals surface area contributed by atoms with Gasteiger partial charge in [0.05, 0.1) is 11.9 Å². The van der Waals surface area contributed by atoms with Crippen LogP contribution >= 0.6 is 0 Å². The maximum absolute atomic E-state index is 12.7. The average molecular weight is 391 g/mol. The van der Waals surface area contributed by atoms with E-state index in [-0.39, 0.29) is 17.0 Å². The molecule has 150 valence electrons. The Hall–Kier alpha value is -3.28. The number of carbonyl (C=O) groups excluding carboxylic acids is 1. The number of hydrogen-bond acceptors (Lipinski definition) is 4. The number of rotatable bonds is 3. The number of fused-ring (bicyclic) bond motifs is 1. The molecule has 1 aliphatic heterocycles. The van der Waals surface area contributed by atoms with Crippen molar-refractivity contribution in [2.45, 2.75) is 46.1 Å². The van der Waals surface area contributed by atoms with Gasteiger partial charge in [-0.05, 0) is 81.5 Å². The molecule has 0 fully saturated rings. The molecule has 29 heavy (non-hydrogen) atoms. The van der Waals surface area contributed by atoms with Crippen LogP contribution in [0.2, 0.25) is 0 Å². The Morgan fingerprint density at radius 2 is 2.03 bits per heavy atom. The third-order valence-corrected chi connectivity index (χ3v) is 5.43. The molecular formula is C23H25N3O3. The average Bonchev–Trinajstić information content (AvgIpc) is 3.05. The van der Waals surface area contributed by atoms with E-state index in [1.54, 1.807) is 6.07 Å². The van der Waals surface area contributed by atoms with Crippen molar-refractivity contribution in [1.29, 1.82) is 0 Å². The van der Waals surface area contributed by atoms with Crippen LogP contribution in [0.25, 0.3) is 5.69 Å². The maximum atomic E-state index is 12.7. The number of benzene rings is 2. The normalized spacial score (nSPS) is 14.8. The van der Waals surface area contributed by atoms with Crippen LogP contribution in [-0.4, -0.2) is 26.4 Å². The van der Waals surface area contributed by atoms with Crippen molar-refractivity contribution < 1.29 is 14.6 Å². The zero-order chi connectivity index (χ0) is 20.8. The fourth-order valence-corrected chi connectivity index (χ4v) is 3.56. The molecule has 4 rings (SSSR count). The van der Waals surface area contributed by atoms with Gasteiger partial charge in [0, 0.05) is 5.69 Å². The molecule has 2 N–H and O–H groups in total. The van der Waals surface area contributed by atoms with Crippen LogP contribution in [0.5, 0.6) is 11.5 Å². The first-order valence-electron chi connectivity index (χ1n) is 9.72. The summed E-state index contributed by atoms with van der Waals surface area (Å²) in [5.74, 6) is 0.233. The van der Waals surface area contributed by atoms with Crippen LogP contribution in [0.15, 0.2) is 42.6 Å². The molecule has 0 atom stereocenters. The summed E-state index contributed by atoms with van der Waals surface area (Å²) >= 11 is 0. The second-order valence-electron chi connectivity index (χ2n) is 8.16. The largest absolute Gasteiger partial charge is 0.504 e. The van der Waals surface area contributed by atoms with Gasteiger partial charge in [0.15, 0.2) is 11.4 Å². The summed E-state index contributed by atoms with van der Waals surface area (Å²) in [5, 5.41) is 17.4. The molecule has 6 nitrogen and oxygen atoms in total. The summed E-state index contributed by atoms with van der Waals surface area (Å²) < 4.78 is 7.52. The Bertz CT molecular complexity index is 1100. The summed E-state index contributed by atoms with van der Waals surface area (Å²) in [6, 6.07) is 11.4. The first-order valence-corrected chi connectivity index (χ1v) is 9.72. The first kappa shape index (κ1) is 19.1. The van der Waals surface area contributed by atoms with Crippen LogP contribution in [-0.2, 0) is 6.42 Å². The molecule has 0 bridgehead atoms. The van der Waals surface area contributed by atoms with E-state index in [2.05, 4.69) is 24.3 Å². The van der Waals surface area contributed by atoms with Gasteiger partial charge in [-0.2, -0.15) is 5.10 Å². The van der Waals surface area contributed by atoms with E-state index in [4.69, 9.17) is 4.74 Å². The summed E-state index contributed by atoms with van der Waals surface area (Å²) in [6.45, 7) is 8.14. The van der Waals surface area contributed by atoms with E-state index in [1.165, 1.54) is 10.9 Å². The molecule has 3 aromatic rings. The predicted octanol–water partition coefficient (Wildman–Crippen LogP) is 4.55. The SMILES string of the molecule is Cc1cccc(-n2cc(O)c(C(=O)Nc3ccc4c(c3)CCC(C)(C)O4)n2)c1C. The monoisotopic (exact) mass is 391 g/mol. The van der Waals surface area contributed by atoms with Gasteiger partial charge in [-0.3, -0.25) is 4.79 Å². The fraction of sp³-hybridized carbons (Fsp3) is 0.304. The van der Waals surface area contributed by atoms with Gasteiger partial charge in [0.1, 0.15) is 11.4 Å². The number of amides is 1. The van der Waals surface area contributed by atoms with Gasteiger partial charge >= 0.3 is 0 Å². The van der Waals surface area contributed by atoms with Gasteiger partial charge in [0.25, 0.3) is 5.91 Å². The van der Waals surface area contributed by atoms with Crippen molar-refractivity contribution in [1.82, 2.24) is 9.78 Å². The van der Waals surface area contributed by atoms with E-state index >= 15 is 0 Å². The van der Waals surface area contributed by atoms with Gasteiger partial charge < -0.3 is 15.2 Å². The third-order valence-electron chi connectivity index (χ3n) is 5.43. The summed E-state index contributed by atoms with van der Waals surface area (Å²) in [6.07, 6.45) is 3.26. The molecule has 0 aliphatic carbocycles. The lowest BCUT2D eigenvalue weighted by molar-refractivity contribution is 0.0847. The summed E-state index contributed by atoms with van der Waals surface area (Å²) in [7, 11) is 0. The second-order valence-corrected chi connectivity index (χ2v) is 8.16. The fourth-order valence-electron chi connectivity index (χ4n) is 3.56. The molecule has 0 saturated heterocycles. The number of anilines is 1. The minimum absolute atomic E-state index is 0.0130. The number of aryl methyl sites for hydroxylation is 2. The van der Waals surface area contributed by atoms with E-state index < -0.39 is 5.91 Å². The molecule has 1 amide bonds. The van der Waals surface area contributed by atoms with Crippen molar-refractivity contribution >= 4 is 11.6 Å². The molecule has 2 aromatic carbocycles. The number of aromatic hydroxyl groups is 1. The Morgan fingerprint density at radius 1 is 1.24 bits per heavy atom. The van der Waals surface area contributed by atoms with Crippen molar-refractivity contribution in [3.63, 3.8) is 0 Å². The third kappa shape index (κ3) is 3.70. The molecule has 0 unspecified atom stereocenters. The van der Waals surface area contributed by atoms with Crippen LogP contribution in [0.1, 0.15) is 47.4 Å². The maximum Gasteiger partial charge on any atom is 0.280 e. The highest BCUT2D eigenvalue weighted by molar-refractivity contribution is 6.04. The van der Waals surface area contributed by atoms with Crippen LogP contribution < -0.4 is 10.1 Å². The minimum Gasteiger partial charge on any atom is -0.504 e. The Labute approximate surface area is 170 Å². The predicted molar refractivity (Wildman–Crippen MR) is 112 cm³/mol. The van der Waals surface area contributed by atoms with E-state index in [0.717, 1.165) is 41.0 Å². The Kier molecular flexibility index (Phi) is 4.57. The van der Waals surface area contributed by atoms with Crippen LogP contribution in [0, 0.1) is 13.8 Å². The molecule has 2 heterocycles. The second kappa shape index (κ2) is 6.95. The number of nitrogens with zero attached hydrogens (tertiary/aromatic N) is 2. The number of ether oxygens (including phenoxy) is 1. The molecule has 0 saturated carbocycles. The minimum atomic E-state index is -0.455. The van der Waals surface area contributed by atoms with Gasteiger partial charge in [-0.1, -0.05) is 12.1 Å². The topological polar surface area (TPSA) is 76.4 Å². The molecule has 1 aromatic heterocycles. The van der Waals surface area contributed by atoms with Crippen molar-refractivity contribution in [3.8, 4) is 17.2 Å². The number of aromatic nitrogens is 2. The van der Waals surface area contributed by atoms with Crippen molar-refractivity contribution in [2.24, 2.45) is 0 Å². The highest BCUT2D eigenvalue weighted by atomic mass is 16.5. The number of carbonyl (C=O) groups is 1. The summed E-state index contributed by atoms with van der Waals surface area (Å²) in [5.41, 5.74) is 4.51. The highest BCUT2D eigenvalue weighted by Gasteiger charge is 2.27. The molecular weight excluding hydrogens is 366 g/mol. The molecule has 0 radical (unpaired) electrons.